The van der Waals surface area contributed by atoms with Crippen LogP contribution in [0.5, 0.6) is 0 Å². The van der Waals surface area contributed by atoms with Crippen LogP contribution in [-0.4, -0.2) is 0 Å². The fraction of sp³-hybridized carbons (Fsp3) is 0.300. The second-order valence-electron chi connectivity index (χ2n) is 12.3. The number of unbranched alkanes of at least 4 members (excludes halogenated alkanes) is 1. The van der Waals surface area contributed by atoms with Gasteiger partial charge >= 0.3 is 0 Å². The van der Waals surface area contributed by atoms with Crippen LogP contribution in [0.3, 0.4) is 0 Å². The Morgan fingerprint density at radius 2 is 1.45 bits per heavy atom. The Balaban J connectivity index is 1.39. The van der Waals surface area contributed by atoms with Gasteiger partial charge in [-0.1, -0.05) is 87.9 Å². The van der Waals surface area contributed by atoms with Crippen molar-refractivity contribution in [2.24, 2.45) is 0 Å². The number of nitrogens with zero attached hydrogens (tertiary/aromatic N) is 2. The van der Waals surface area contributed by atoms with Gasteiger partial charge in [-0.25, -0.2) is 0 Å². The topological polar surface area (TPSA) is 7.76 Å². The van der Waals surface area contributed by atoms with E-state index in [0.717, 1.165) is 25.7 Å². The number of pyridine rings is 2. The van der Waals surface area contributed by atoms with Crippen LogP contribution >= 0.6 is 0 Å². The predicted octanol–water partition coefficient (Wildman–Crippen LogP) is 9.21. The first kappa shape index (κ1) is 26.8. The first-order valence-electron chi connectivity index (χ1n) is 16.0. The van der Waals surface area contributed by atoms with Gasteiger partial charge in [-0.15, -0.1) is 0 Å². The molecule has 5 aromatic rings. The largest absolute Gasteiger partial charge is 0.213 e. The van der Waals surface area contributed by atoms with Crippen molar-refractivity contribution in [3.05, 3.63) is 132 Å². The Labute approximate surface area is 251 Å². The van der Waals surface area contributed by atoms with Crippen molar-refractivity contribution < 1.29 is 9.13 Å². The summed E-state index contributed by atoms with van der Waals surface area (Å²) in [6, 6.07) is 39.1. The minimum atomic E-state index is 0.0177. The van der Waals surface area contributed by atoms with Gasteiger partial charge < -0.3 is 0 Å². The minimum Gasteiger partial charge on any atom is -0.192 e. The average molecular weight is 551 g/mol. The number of aromatic nitrogens is 2. The van der Waals surface area contributed by atoms with Crippen molar-refractivity contribution >= 4 is 0 Å². The summed E-state index contributed by atoms with van der Waals surface area (Å²) in [5.41, 5.74) is 12.5. The zero-order valence-electron chi connectivity index (χ0n) is 25.3. The Hall–Kier alpha value is -4.04. The van der Waals surface area contributed by atoms with Crippen LogP contribution in [0.15, 0.2) is 116 Å². The first-order chi connectivity index (χ1) is 20.7. The lowest BCUT2D eigenvalue weighted by molar-refractivity contribution is -0.765. The van der Waals surface area contributed by atoms with Gasteiger partial charge in [0.25, 0.3) is 0 Å². The van der Waals surface area contributed by atoms with E-state index >= 15 is 0 Å². The monoisotopic (exact) mass is 550 g/mol. The number of hydrogen-bond donors (Lipinski definition) is 0. The number of hydrogen-bond acceptors (Lipinski definition) is 0. The average Bonchev–Trinajstić information content (AvgIpc) is 3.37. The highest BCUT2D eigenvalue weighted by Crippen LogP contribution is 2.50. The highest BCUT2D eigenvalue weighted by atomic mass is 15.1. The maximum atomic E-state index is 2.65. The Kier molecular flexibility index (Phi) is 7.02. The van der Waals surface area contributed by atoms with Crippen LogP contribution < -0.4 is 9.13 Å². The molecule has 0 amide bonds. The van der Waals surface area contributed by atoms with E-state index < -0.39 is 0 Å². The van der Waals surface area contributed by atoms with E-state index in [1.165, 1.54) is 63.2 Å². The van der Waals surface area contributed by atoms with Crippen LogP contribution in [-0.2, 0) is 12.0 Å². The zero-order chi connectivity index (χ0) is 28.7. The highest BCUT2D eigenvalue weighted by Gasteiger charge is 2.53. The summed E-state index contributed by atoms with van der Waals surface area (Å²) in [4.78, 5) is 0. The van der Waals surface area contributed by atoms with Crippen molar-refractivity contribution in [1.82, 2.24) is 0 Å². The fourth-order valence-corrected chi connectivity index (χ4v) is 8.04. The maximum Gasteiger partial charge on any atom is 0.213 e. The summed E-state index contributed by atoms with van der Waals surface area (Å²) >= 11 is 0. The first-order valence-corrected chi connectivity index (χ1v) is 16.0. The van der Waals surface area contributed by atoms with Gasteiger partial charge in [0.2, 0.25) is 11.4 Å². The van der Waals surface area contributed by atoms with Gasteiger partial charge in [-0.2, -0.15) is 9.13 Å². The van der Waals surface area contributed by atoms with Crippen LogP contribution in [0.25, 0.3) is 33.6 Å². The van der Waals surface area contributed by atoms with E-state index in [0.29, 0.717) is 5.92 Å². The molecule has 0 aliphatic carbocycles. The fourth-order valence-electron chi connectivity index (χ4n) is 8.04. The van der Waals surface area contributed by atoms with Gasteiger partial charge in [0.15, 0.2) is 24.0 Å². The standard InChI is InChI=1S/C40H42N2/c1-4-7-15-29-21-23-32-35(26-29)38-20-13-14-25-42(38)40(5-2,6-3)36(32)27-39-34-19-12-11-18-33(34)37-24-22-31(28-41(37)39)30-16-9-8-10-17-30/h8-14,16-26,28,36,39H,4-7,15,27H2,1-3H3/q+2. The summed E-state index contributed by atoms with van der Waals surface area (Å²) in [5.74, 6) is 0.388. The molecule has 210 valence electrons. The van der Waals surface area contributed by atoms with Crippen LogP contribution in [0.4, 0.5) is 0 Å². The second kappa shape index (κ2) is 11.0. The molecule has 2 aromatic heterocycles. The molecule has 2 aliphatic rings. The lowest BCUT2D eigenvalue weighted by atomic mass is 9.67. The Morgan fingerprint density at radius 3 is 2.26 bits per heavy atom. The molecule has 3 aromatic carbocycles. The molecule has 0 saturated carbocycles. The third kappa shape index (κ3) is 4.23. The molecule has 4 heterocycles. The minimum absolute atomic E-state index is 0.0177. The lowest BCUT2D eigenvalue weighted by Crippen LogP contribution is -2.62. The summed E-state index contributed by atoms with van der Waals surface area (Å²) in [6.45, 7) is 7.09. The molecule has 2 atom stereocenters. The molecule has 2 nitrogen and oxygen atoms in total. The van der Waals surface area contributed by atoms with Crippen LogP contribution in [0, 0.1) is 0 Å². The number of fused-ring (bicyclic) bond motifs is 6. The Bertz CT molecular complexity index is 1730. The molecular weight excluding hydrogens is 508 g/mol. The Morgan fingerprint density at radius 1 is 0.667 bits per heavy atom. The zero-order valence-corrected chi connectivity index (χ0v) is 25.3. The quantitative estimate of drug-likeness (QED) is 0.170. The van der Waals surface area contributed by atoms with E-state index in [2.05, 4.69) is 145 Å². The molecule has 0 radical (unpaired) electrons. The van der Waals surface area contributed by atoms with Crippen molar-refractivity contribution in [1.29, 1.82) is 0 Å². The molecule has 2 heteroatoms. The van der Waals surface area contributed by atoms with Crippen molar-refractivity contribution in [2.45, 2.75) is 76.8 Å². The molecule has 42 heavy (non-hydrogen) atoms. The number of aryl methyl sites for hydroxylation is 1. The molecule has 0 fully saturated rings. The predicted molar refractivity (Wildman–Crippen MR) is 172 cm³/mol. The van der Waals surface area contributed by atoms with Crippen molar-refractivity contribution in [2.75, 3.05) is 0 Å². The molecule has 0 bridgehead atoms. The summed E-state index contributed by atoms with van der Waals surface area (Å²) in [6.07, 6.45) is 11.6. The summed E-state index contributed by atoms with van der Waals surface area (Å²) < 4.78 is 5.24. The van der Waals surface area contributed by atoms with E-state index in [1.54, 1.807) is 0 Å². The van der Waals surface area contributed by atoms with Crippen molar-refractivity contribution in [3.63, 3.8) is 0 Å². The highest BCUT2D eigenvalue weighted by molar-refractivity contribution is 5.69. The third-order valence-electron chi connectivity index (χ3n) is 10.3. The van der Waals surface area contributed by atoms with Crippen LogP contribution in [0.2, 0.25) is 0 Å². The van der Waals surface area contributed by atoms with E-state index in [1.807, 2.05) is 0 Å². The molecule has 2 unspecified atom stereocenters. The molecule has 0 saturated heterocycles. The summed E-state index contributed by atoms with van der Waals surface area (Å²) in [5, 5.41) is 0. The third-order valence-corrected chi connectivity index (χ3v) is 10.3. The second-order valence-corrected chi connectivity index (χ2v) is 12.3. The molecule has 7 rings (SSSR count). The van der Waals surface area contributed by atoms with Crippen molar-refractivity contribution in [3.8, 4) is 33.6 Å². The molecule has 2 aliphatic heterocycles. The van der Waals surface area contributed by atoms with E-state index in [4.69, 9.17) is 0 Å². The maximum absolute atomic E-state index is 2.65. The molecular formula is C40H42N2+2. The lowest BCUT2D eigenvalue weighted by Gasteiger charge is -2.40. The van der Waals surface area contributed by atoms with Gasteiger partial charge in [0.1, 0.15) is 0 Å². The summed E-state index contributed by atoms with van der Waals surface area (Å²) in [7, 11) is 0. The van der Waals surface area contributed by atoms with Gasteiger partial charge in [-0.3, -0.25) is 0 Å². The van der Waals surface area contributed by atoms with Gasteiger partial charge in [0, 0.05) is 48.6 Å². The smallest absolute Gasteiger partial charge is 0.192 e. The van der Waals surface area contributed by atoms with Gasteiger partial charge in [0.05, 0.1) is 17.0 Å². The van der Waals surface area contributed by atoms with E-state index in [9.17, 15) is 0 Å². The molecule has 0 spiro atoms. The number of benzene rings is 3. The normalized spacial score (nSPS) is 17.7. The van der Waals surface area contributed by atoms with Crippen LogP contribution in [0.1, 0.15) is 81.5 Å². The molecule has 0 N–H and O–H groups in total. The number of rotatable bonds is 8. The van der Waals surface area contributed by atoms with Gasteiger partial charge in [-0.05, 0) is 53.8 Å². The SMILES string of the molecule is CCCCc1ccc2c(c1)-c1cccc[n+]1C(CC)(CC)C2CC1c2ccccc2-c2ccc(-c3ccccc3)c[n+]21. The van der Waals surface area contributed by atoms with E-state index in [-0.39, 0.29) is 11.6 Å².